The molecule has 2 aromatic heterocycles. The van der Waals surface area contributed by atoms with Crippen molar-refractivity contribution >= 4 is 11.5 Å². The van der Waals surface area contributed by atoms with Gasteiger partial charge in [-0.3, -0.25) is 4.40 Å². The average Bonchev–Trinajstić information content (AvgIpc) is 2.75. The summed E-state index contributed by atoms with van der Waals surface area (Å²) in [4.78, 5) is 0. The van der Waals surface area contributed by atoms with Gasteiger partial charge in [-0.25, -0.2) is 0 Å². The molecule has 0 spiro atoms. The first-order valence-electron chi connectivity index (χ1n) is 5.57. The van der Waals surface area contributed by atoms with Gasteiger partial charge in [0.2, 0.25) is 0 Å². The van der Waals surface area contributed by atoms with E-state index in [1.165, 1.54) is 6.42 Å². The van der Waals surface area contributed by atoms with Crippen molar-refractivity contribution in [3.8, 4) is 0 Å². The molecule has 1 aliphatic rings. The van der Waals surface area contributed by atoms with Crippen LogP contribution in [-0.4, -0.2) is 21.2 Å². The Morgan fingerprint density at radius 3 is 3.06 bits per heavy atom. The van der Waals surface area contributed by atoms with Gasteiger partial charge in [-0.1, -0.05) is 6.07 Å². The van der Waals surface area contributed by atoms with E-state index in [0.29, 0.717) is 5.82 Å². The van der Waals surface area contributed by atoms with Crippen LogP contribution < -0.4 is 5.73 Å². The molecule has 1 saturated heterocycles. The third-order valence-corrected chi connectivity index (χ3v) is 2.95. The minimum absolute atomic E-state index is 0.0356. The van der Waals surface area contributed by atoms with E-state index in [-0.39, 0.29) is 6.10 Å². The molecule has 1 aliphatic heterocycles. The number of aromatic nitrogens is 3. The summed E-state index contributed by atoms with van der Waals surface area (Å²) in [5, 5.41) is 8.30. The molecule has 0 saturated carbocycles. The maximum atomic E-state index is 5.94. The van der Waals surface area contributed by atoms with Gasteiger partial charge in [0.1, 0.15) is 11.9 Å². The monoisotopic (exact) mass is 218 g/mol. The van der Waals surface area contributed by atoms with Gasteiger partial charge in [0.15, 0.2) is 11.5 Å². The van der Waals surface area contributed by atoms with Crippen molar-refractivity contribution in [2.24, 2.45) is 0 Å². The van der Waals surface area contributed by atoms with Crippen molar-refractivity contribution in [3.05, 3.63) is 24.0 Å². The van der Waals surface area contributed by atoms with Crippen LogP contribution in [0.2, 0.25) is 0 Å². The SMILES string of the molecule is Nc1cccc2nnc(C3CCCCO3)n12. The summed E-state index contributed by atoms with van der Waals surface area (Å²) in [6, 6.07) is 5.63. The quantitative estimate of drug-likeness (QED) is 0.788. The number of nitrogen functional groups attached to an aromatic ring is 1. The summed E-state index contributed by atoms with van der Waals surface area (Å²) in [7, 11) is 0. The Bertz CT molecular complexity index is 502. The standard InChI is InChI=1S/C11H14N4O/c12-9-5-3-6-10-13-14-11(15(9)10)8-4-1-2-7-16-8/h3,5-6,8H,1-2,4,7,12H2. The average molecular weight is 218 g/mol. The molecule has 16 heavy (non-hydrogen) atoms. The van der Waals surface area contributed by atoms with E-state index in [1.807, 2.05) is 22.6 Å². The molecular weight excluding hydrogens is 204 g/mol. The highest BCUT2D eigenvalue weighted by molar-refractivity contribution is 5.47. The molecule has 3 rings (SSSR count). The molecule has 5 nitrogen and oxygen atoms in total. The Labute approximate surface area is 93.2 Å². The van der Waals surface area contributed by atoms with Gasteiger partial charge in [-0.05, 0) is 31.4 Å². The predicted molar refractivity (Wildman–Crippen MR) is 59.9 cm³/mol. The number of hydrogen-bond acceptors (Lipinski definition) is 4. The van der Waals surface area contributed by atoms with E-state index in [2.05, 4.69) is 10.2 Å². The van der Waals surface area contributed by atoms with Crippen LogP contribution in [0.5, 0.6) is 0 Å². The summed E-state index contributed by atoms with van der Waals surface area (Å²) < 4.78 is 7.58. The summed E-state index contributed by atoms with van der Waals surface area (Å²) in [6.07, 6.45) is 3.33. The van der Waals surface area contributed by atoms with Crippen LogP contribution in [0.3, 0.4) is 0 Å². The molecule has 1 atom stereocenters. The highest BCUT2D eigenvalue weighted by Gasteiger charge is 2.22. The lowest BCUT2D eigenvalue weighted by atomic mass is 10.1. The summed E-state index contributed by atoms with van der Waals surface area (Å²) in [5.41, 5.74) is 6.72. The van der Waals surface area contributed by atoms with Gasteiger partial charge in [0, 0.05) is 6.61 Å². The molecule has 84 valence electrons. The molecular formula is C11H14N4O. The number of pyridine rings is 1. The van der Waals surface area contributed by atoms with Crippen LogP contribution in [-0.2, 0) is 4.74 Å². The number of anilines is 1. The number of hydrogen-bond donors (Lipinski definition) is 1. The molecule has 3 heterocycles. The fourth-order valence-electron chi connectivity index (χ4n) is 2.14. The normalized spacial score (nSPS) is 21.4. The second-order valence-corrected chi connectivity index (χ2v) is 4.06. The van der Waals surface area contributed by atoms with Crippen LogP contribution in [0.25, 0.3) is 5.65 Å². The highest BCUT2D eigenvalue weighted by Crippen LogP contribution is 2.27. The van der Waals surface area contributed by atoms with E-state index in [9.17, 15) is 0 Å². The largest absolute Gasteiger partial charge is 0.385 e. The fourth-order valence-corrected chi connectivity index (χ4v) is 2.14. The predicted octanol–water partition coefficient (Wildman–Crippen LogP) is 1.55. The van der Waals surface area contributed by atoms with Crippen molar-refractivity contribution in [1.29, 1.82) is 0 Å². The van der Waals surface area contributed by atoms with E-state index in [0.717, 1.165) is 30.9 Å². The number of ether oxygens (including phenoxy) is 1. The molecule has 2 aromatic rings. The summed E-state index contributed by atoms with van der Waals surface area (Å²) >= 11 is 0. The number of fused-ring (bicyclic) bond motifs is 1. The van der Waals surface area contributed by atoms with E-state index >= 15 is 0 Å². The van der Waals surface area contributed by atoms with Crippen LogP contribution in [0.15, 0.2) is 18.2 Å². The molecule has 1 unspecified atom stereocenters. The Morgan fingerprint density at radius 2 is 2.25 bits per heavy atom. The van der Waals surface area contributed by atoms with Crippen LogP contribution in [0, 0.1) is 0 Å². The van der Waals surface area contributed by atoms with Gasteiger partial charge in [-0.15, -0.1) is 10.2 Å². The topological polar surface area (TPSA) is 65.4 Å². The number of nitrogens with two attached hydrogens (primary N) is 1. The third-order valence-electron chi connectivity index (χ3n) is 2.95. The molecule has 1 fully saturated rings. The fraction of sp³-hybridized carbons (Fsp3) is 0.455. The van der Waals surface area contributed by atoms with Crippen molar-refractivity contribution in [1.82, 2.24) is 14.6 Å². The van der Waals surface area contributed by atoms with Gasteiger partial charge in [0.25, 0.3) is 0 Å². The maximum Gasteiger partial charge on any atom is 0.168 e. The van der Waals surface area contributed by atoms with Gasteiger partial charge < -0.3 is 10.5 Å². The minimum atomic E-state index is 0.0356. The van der Waals surface area contributed by atoms with Gasteiger partial charge in [0.05, 0.1) is 0 Å². The molecule has 0 aliphatic carbocycles. The molecule has 0 radical (unpaired) electrons. The van der Waals surface area contributed by atoms with Crippen molar-refractivity contribution < 1.29 is 4.74 Å². The van der Waals surface area contributed by atoms with Gasteiger partial charge >= 0.3 is 0 Å². The summed E-state index contributed by atoms with van der Waals surface area (Å²) in [5.74, 6) is 1.49. The zero-order valence-electron chi connectivity index (χ0n) is 8.97. The first kappa shape index (κ1) is 9.59. The van der Waals surface area contributed by atoms with Crippen LogP contribution >= 0.6 is 0 Å². The number of nitrogens with zero attached hydrogens (tertiary/aromatic N) is 3. The zero-order valence-corrected chi connectivity index (χ0v) is 8.97. The minimum Gasteiger partial charge on any atom is -0.385 e. The van der Waals surface area contributed by atoms with E-state index < -0.39 is 0 Å². The van der Waals surface area contributed by atoms with Crippen molar-refractivity contribution in [2.45, 2.75) is 25.4 Å². The highest BCUT2D eigenvalue weighted by atomic mass is 16.5. The van der Waals surface area contributed by atoms with Gasteiger partial charge in [-0.2, -0.15) is 0 Å². The first-order chi connectivity index (χ1) is 7.86. The Balaban J connectivity index is 2.09. The maximum absolute atomic E-state index is 5.94. The third kappa shape index (κ3) is 1.44. The van der Waals surface area contributed by atoms with Crippen molar-refractivity contribution in [2.75, 3.05) is 12.3 Å². The zero-order chi connectivity index (χ0) is 11.0. The Hall–Kier alpha value is -1.62. The van der Waals surface area contributed by atoms with E-state index in [4.69, 9.17) is 10.5 Å². The second kappa shape index (κ2) is 3.75. The first-order valence-corrected chi connectivity index (χ1v) is 5.57. The lowest BCUT2D eigenvalue weighted by Gasteiger charge is -2.21. The molecule has 0 bridgehead atoms. The molecule has 2 N–H and O–H groups in total. The Kier molecular flexibility index (Phi) is 2.25. The number of rotatable bonds is 1. The lowest BCUT2D eigenvalue weighted by molar-refractivity contribution is 0.00895. The summed E-state index contributed by atoms with van der Waals surface area (Å²) in [6.45, 7) is 0.798. The lowest BCUT2D eigenvalue weighted by Crippen LogP contribution is -2.15. The Morgan fingerprint density at radius 1 is 1.31 bits per heavy atom. The van der Waals surface area contributed by atoms with Crippen LogP contribution in [0.4, 0.5) is 5.82 Å². The second-order valence-electron chi connectivity index (χ2n) is 4.06. The molecule has 5 heteroatoms. The molecule has 0 aromatic carbocycles. The van der Waals surface area contributed by atoms with Crippen molar-refractivity contribution in [3.63, 3.8) is 0 Å². The van der Waals surface area contributed by atoms with Crippen LogP contribution in [0.1, 0.15) is 31.2 Å². The van der Waals surface area contributed by atoms with E-state index in [1.54, 1.807) is 0 Å². The smallest absolute Gasteiger partial charge is 0.168 e. The molecule has 0 amide bonds.